The van der Waals surface area contributed by atoms with E-state index in [0.29, 0.717) is 40.0 Å². The van der Waals surface area contributed by atoms with Crippen LogP contribution in [0.1, 0.15) is 99.1 Å². The molecule has 1 aliphatic heterocycles. The van der Waals surface area contributed by atoms with Crippen molar-refractivity contribution >= 4 is 26.8 Å². The van der Waals surface area contributed by atoms with Crippen LogP contribution in [0.3, 0.4) is 0 Å². The highest BCUT2D eigenvalue weighted by atomic mass is 32.2. The van der Waals surface area contributed by atoms with Gasteiger partial charge in [0.05, 0.1) is 39.9 Å². The molecule has 3 aromatic rings. The fourth-order valence-corrected chi connectivity index (χ4v) is 7.75. The molecule has 1 unspecified atom stereocenters. The lowest BCUT2D eigenvalue weighted by atomic mass is 9.97. The van der Waals surface area contributed by atoms with Crippen LogP contribution >= 0.6 is 0 Å². The smallest absolute Gasteiger partial charge is 0.252 e. The minimum Gasteiger partial charge on any atom is -0.349 e. The van der Waals surface area contributed by atoms with Crippen LogP contribution in [-0.2, 0) is 9.84 Å². The van der Waals surface area contributed by atoms with Crippen molar-refractivity contribution < 1.29 is 17.6 Å². The maximum absolute atomic E-state index is 13.9. The van der Waals surface area contributed by atoms with Crippen molar-refractivity contribution in [3.8, 4) is 11.3 Å². The minimum atomic E-state index is -3.14. The van der Waals surface area contributed by atoms with Crippen LogP contribution in [0.5, 0.6) is 0 Å². The van der Waals surface area contributed by atoms with Crippen molar-refractivity contribution in [1.82, 2.24) is 20.1 Å². The molecule has 2 aromatic heterocycles. The summed E-state index contributed by atoms with van der Waals surface area (Å²) in [7, 11) is -3.14. The predicted molar refractivity (Wildman–Crippen MR) is 152 cm³/mol. The lowest BCUT2D eigenvalue weighted by Crippen LogP contribution is -2.35. The van der Waals surface area contributed by atoms with Gasteiger partial charge in [0.2, 0.25) is 0 Å². The van der Waals surface area contributed by atoms with Gasteiger partial charge in [0.25, 0.3) is 5.91 Å². The number of amides is 1. The Hall–Kier alpha value is -2.81. The molecule has 1 saturated heterocycles. The van der Waals surface area contributed by atoms with Crippen LogP contribution < -0.4 is 5.32 Å². The number of aromatic nitrogens is 3. The normalized spacial score (nSPS) is 21.3. The van der Waals surface area contributed by atoms with E-state index in [1.54, 1.807) is 22.9 Å². The molecule has 0 radical (unpaired) electrons. The van der Waals surface area contributed by atoms with E-state index in [1.165, 1.54) is 57.1 Å². The molecule has 1 amide bonds. The van der Waals surface area contributed by atoms with Gasteiger partial charge in [-0.05, 0) is 56.5 Å². The average molecular weight is 555 g/mol. The molecule has 0 spiro atoms. The Bertz CT molecular complexity index is 1410. The Labute approximate surface area is 230 Å². The number of halogens is 1. The van der Waals surface area contributed by atoms with Crippen LogP contribution in [0.15, 0.2) is 30.3 Å². The van der Waals surface area contributed by atoms with Crippen LogP contribution in [0.4, 0.5) is 4.39 Å². The Morgan fingerprint density at radius 2 is 1.56 bits per heavy atom. The summed E-state index contributed by atoms with van der Waals surface area (Å²) in [6, 6.07) is 7.58. The number of pyridine rings is 1. The van der Waals surface area contributed by atoms with E-state index in [2.05, 4.69) is 5.32 Å². The van der Waals surface area contributed by atoms with E-state index >= 15 is 0 Å². The first-order valence-corrected chi connectivity index (χ1v) is 16.3. The molecular weight excluding hydrogens is 515 g/mol. The third-order valence-corrected chi connectivity index (χ3v) is 9.97. The number of benzene rings is 1. The molecule has 2 fully saturated rings. The molecule has 1 aliphatic carbocycles. The van der Waals surface area contributed by atoms with E-state index in [1.807, 2.05) is 6.92 Å². The van der Waals surface area contributed by atoms with E-state index in [0.717, 1.165) is 25.7 Å². The highest BCUT2D eigenvalue weighted by molar-refractivity contribution is 7.91. The second-order valence-corrected chi connectivity index (χ2v) is 13.5. The summed E-state index contributed by atoms with van der Waals surface area (Å²) in [4.78, 5) is 18.7. The number of rotatable bonds is 4. The number of carbonyl (C=O) groups is 1. The number of nitrogens with zero attached hydrogens (tertiary/aromatic N) is 3. The van der Waals surface area contributed by atoms with Gasteiger partial charge in [-0.15, -0.1) is 0 Å². The third-order valence-electron chi connectivity index (χ3n) is 8.22. The lowest BCUT2D eigenvalue weighted by Gasteiger charge is -2.20. The number of nitrogens with one attached hydrogen (secondary N) is 1. The Morgan fingerprint density at radius 1 is 0.949 bits per heavy atom. The molecule has 1 saturated carbocycles. The van der Waals surface area contributed by atoms with Gasteiger partial charge >= 0.3 is 0 Å². The zero-order chi connectivity index (χ0) is 27.4. The van der Waals surface area contributed by atoms with Gasteiger partial charge in [-0.25, -0.2) is 22.5 Å². The third kappa shape index (κ3) is 6.68. The van der Waals surface area contributed by atoms with E-state index in [-0.39, 0.29) is 35.3 Å². The van der Waals surface area contributed by atoms with Crippen molar-refractivity contribution in [2.75, 3.05) is 11.5 Å². The monoisotopic (exact) mass is 554 g/mol. The van der Waals surface area contributed by atoms with Crippen LogP contribution in [0, 0.1) is 12.7 Å². The van der Waals surface area contributed by atoms with Gasteiger partial charge in [-0.3, -0.25) is 4.79 Å². The molecule has 1 aromatic carbocycles. The maximum atomic E-state index is 13.9. The van der Waals surface area contributed by atoms with Crippen molar-refractivity contribution in [3.63, 3.8) is 0 Å². The maximum Gasteiger partial charge on any atom is 0.252 e. The number of hydrogen-bond donors (Lipinski definition) is 1. The topological polar surface area (TPSA) is 93.9 Å². The summed E-state index contributed by atoms with van der Waals surface area (Å²) in [6.45, 7) is 1.84. The molecule has 39 heavy (non-hydrogen) atoms. The van der Waals surface area contributed by atoms with Gasteiger partial charge in [0, 0.05) is 11.6 Å². The van der Waals surface area contributed by atoms with Gasteiger partial charge in [0.1, 0.15) is 5.82 Å². The first kappa shape index (κ1) is 27.7. The van der Waals surface area contributed by atoms with Gasteiger partial charge in [-0.1, -0.05) is 57.8 Å². The van der Waals surface area contributed by atoms with Crippen LogP contribution in [-0.4, -0.2) is 46.6 Å². The highest BCUT2D eigenvalue weighted by Crippen LogP contribution is 2.32. The molecule has 2 aliphatic rings. The first-order chi connectivity index (χ1) is 18.8. The van der Waals surface area contributed by atoms with E-state index in [9.17, 15) is 17.6 Å². The molecule has 3 heterocycles. The van der Waals surface area contributed by atoms with Crippen LogP contribution in [0.25, 0.3) is 22.3 Å². The molecule has 210 valence electrons. The number of fused-ring (bicyclic) bond motifs is 1. The summed E-state index contributed by atoms with van der Waals surface area (Å²) < 4.78 is 39.9. The SMILES string of the molecule is Cc1nn(C2CCS(=O)(=O)C2)c2nc(-c3ccc(F)cc3)cc(C(=O)NC3CCCCCCCCCCC3)c12. The Balaban J connectivity index is 1.51. The van der Waals surface area contributed by atoms with E-state index < -0.39 is 9.84 Å². The second kappa shape index (κ2) is 12.1. The Morgan fingerprint density at radius 3 is 2.15 bits per heavy atom. The number of hydrogen-bond acceptors (Lipinski definition) is 5. The van der Waals surface area contributed by atoms with Gasteiger partial charge in [-0.2, -0.15) is 5.10 Å². The summed E-state index contributed by atoms with van der Waals surface area (Å²) in [6.07, 6.45) is 13.4. The fourth-order valence-electron chi connectivity index (χ4n) is 6.05. The van der Waals surface area contributed by atoms with Crippen molar-refractivity contribution in [2.24, 2.45) is 0 Å². The number of aryl methyl sites for hydroxylation is 1. The Kier molecular flexibility index (Phi) is 8.64. The number of sulfone groups is 1. The average Bonchev–Trinajstić information content (AvgIpc) is 3.44. The van der Waals surface area contributed by atoms with Gasteiger partial charge < -0.3 is 5.32 Å². The van der Waals surface area contributed by atoms with Crippen LogP contribution in [0.2, 0.25) is 0 Å². The van der Waals surface area contributed by atoms with Crippen molar-refractivity contribution in [3.05, 3.63) is 47.4 Å². The molecular formula is C30H39FN4O3S. The molecule has 0 bridgehead atoms. The molecule has 1 atom stereocenters. The van der Waals surface area contributed by atoms with Crippen molar-refractivity contribution in [1.29, 1.82) is 0 Å². The highest BCUT2D eigenvalue weighted by Gasteiger charge is 2.32. The number of carbonyl (C=O) groups excluding carboxylic acids is 1. The lowest BCUT2D eigenvalue weighted by molar-refractivity contribution is 0.0933. The molecule has 5 rings (SSSR count). The van der Waals surface area contributed by atoms with E-state index in [4.69, 9.17) is 10.1 Å². The van der Waals surface area contributed by atoms with Gasteiger partial charge in [0.15, 0.2) is 15.5 Å². The predicted octanol–water partition coefficient (Wildman–Crippen LogP) is 6.31. The zero-order valence-electron chi connectivity index (χ0n) is 22.8. The minimum absolute atomic E-state index is 0.00921. The summed E-state index contributed by atoms with van der Waals surface area (Å²) in [5.41, 5.74) is 2.85. The second-order valence-electron chi connectivity index (χ2n) is 11.3. The summed E-state index contributed by atoms with van der Waals surface area (Å²) in [5, 5.41) is 8.67. The first-order valence-electron chi connectivity index (χ1n) is 14.5. The molecule has 1 N–H and O–H groups in total. The van der Waals surface area contributed by atoms with Crippen molar-refractivity contribution in [2.45, 2.75) is 96.1 Å². The zero-order valence-corrected chi connectivity index (χ0v) is 23.6. The summed E-state index contributed by atoms with van der Waals surface area (Å²) >= 11 is 0. The summed E-state index contributed by atoms with van der Waals surface area (Å²) in [5.74, 6) is -0.387. The fraction of sp³-hybridized carbons (Fsp3) is 0.567. The standard InChI is InChI=1S/C30H39FN4O3S/c1-21-28-26(30(36)32-24-11-9-7-5-3-2-4-6-8-10-12-24)19-27(22-13-15-23(31)16-14-22)33-29(28)35(34-21)25-17-18-39(37,38)20-25/h13-16,19,24-25H,2-12,17-18,20H2,1H3,(H,32,36). The largest absolute Gasteiger partial charge is 0.349 e. The molecule has 7 nitrogen and oxygen atoms in total. The quantitative estimate of drug-likeness (QED) is 0.408. The molecule has 9 heteroatoms.